The van der Waals surface area contributed by atoms with Gasteiger partial charge in [0.2, 0.25) is 10.0 Å². The van der Waals surface area contributed by atoms with Crippen LogP contribution in [0.4, 0.5) is 0 Å². The molecule has 1 aliphatic heterocycles. The highest BCUT2D eigenvalue weighted by atomic mass is 32.2. The molecule has 1 N–H and O–H groups in total. The van der Waals surface area contributed by atoms with Crippen molar-refractivity contribution in [2.75, 3.05) is 32.7 Å². The third kappa shape index (κ3) is 4.72. The summed E-state index contributed by atoms with van der Waals surface area (Å²) in [6.07, 6.45) is 3.37. The van der Waals surface area contributed by atoms with Gasteiger partial charge >= 0.3 is 0 Å². The van der Waals surface area contributed by atoms with Crippen molar-refractivity contribution >= 4 is 26.8 Å². The molecule has 3 aromatic rings. The topological polar surface area (TPSA) is 82.6 Å². The molecule has 2 aromatic carbocycles. The average Bonchev–Trinajstić information content (AvgIpc) is 2.83. The zero-order valence-corrected chi connectivity index (χ0v) is 18.6. The Kier molecular flexibility index (Phi) is 6.64. The Morgan fingerprint density at radius 2 is 1.81 bits per heavy atom. The van der Waals surface area contributed by atoms with Gasteiger partial charge in [0.25, 0.3) is 5.91 Å². The van der Waals surface area contributed by atoms with Gasteiger partial charge in [-0.1, -0.05) is 36.4 Å². The van der Waals surface area contributed by atoms with Gasteiger partial charge < -0.3 is 5.32 Å². The third-order valence-corrected chi connectivity index (χ3v) is 7.48. The molecular formula is C24H26N4O3S. The Balaban J connectivity index is 1.43. The first-order valence-corrected chi connectivity index (χ1v) is 12.0. The highest BCUT2D eigenvalue weighted by Crippen LogP contribution is 2.22. The minimum atomic E-state index is -3.68. The average molecular weight is 451 g/mol. The van der Waals surface area contributed by atoms with Gasteiger partial charge in [0.15, 0.2) is 0 Å². The maximum atomic E-state index is 13.2. The van der Waals surface area contributed by atoms with Crippen LogP contribution in [-0.4, -0.2) is 61.2 Å². The molecule has 0 unspecified atom stereocenters. The number of rotatable bonds is 7. The van der Waals surface area contributed by atoms with Gasteiger partial charge in [-0.25, -0.2) is 8.42 Å². The second-order valence-electron chi connectivity index (χ2n) is 7.70. The zero-order chi connectivity index (χ0) is 22.6. The van der Waals surface area contributed by atoms with Crippen LogP contribution in [0.25, 0.3) is 10.9 Å². The minimum Gasteiger partial charge on any atom is -0.349 e. The van der Waals surface area contributed by atoms with Gasteiger partial charge in [0, 0.05) is 56.4 Å². The highest BCUT2D eigenvalue weighted by Gasteiger charge is 2.29. The van der Waals surface area contributed by atoms with E-state index in [4.69, 9.17) is 0 Å². The van der Waals surface area contributed by atoms with Crippen LogP contribution >= 0.6 is 0 Å². The fraction of sp³-hybridized carbons (Fsp3) is 0.250. The smallest absolute Gasteiger partial charge is 0.251 e. The number of piperazine rings is 1. The van der Waals surface area contributed by atoms with E-state index in [1.165, 1.54) is 16.4 Å². The van der Waals surface area contributed by atoms with Gasteiger partial charge in [-0.3, -0.25) is 14.7 Å². The maximum absolute atomic E-state index is 13.2. The summed E-state index contributed by atoms with van der Waals surface area (Å²) in [5.41, 5.74) is 2.43. The lowest BCUT2D eigenvalue weighted by Crippen LogP contribution is -2.48. The number of para-hydroxylation sites is 1. The number of amides is 1. The van der Waals surface area contributed by atoms with Crippen molar-refractivity contribution in [2.24, 2.45) is 0 Å². The van der Waals surface area contributed by atoms with Crippen LogP contribution in [0.2, 0.25) is 0 Å². The molecule has 1 aromatic heterocycles. The van der Waals surface area contributed by atoms with Crippen molar-refractivity contribution in [3.05, 3.63) is 84.6 Å². The fourth-order valence-electron chi connectivity index (χ4n) is 3.88. The first kappa shape index (κ1) is 22.1. The predicted octanol–water partition coefficient (Wildman–Crippen LogP) is 2.66. The van der Waals surface area contributed by atoms with Crippen LogP contribution in [0.1, 0.15) is 15.9 Å². The lowest BCUT2D eigenvalue weighted by molar-refractivity contribution is 0.0958. The Labute approximate surface area is 188 Å². The number of nitrogens with zero attached hydrogens (tertiary/aromatic N) is 3. The lowest BCUT2D eigenvalue weighted by Gasteiger charge is -2.34. The van der Waals surface area contributed by atoms with Crippen LogP contribution in [0.15, 0.2) is 78.3 Å². The largest absolute Gasteiger partial charge is 0.349 e. The number of carbonyl (C=O) groups excluding carboxylic acids is 1. The molecular weight excluding hydrogens is 424 g/mol. The lowest BCUT2D eigenvalue weighted by atomic mass is 10.1. The summed E-state index contributed by atoms with van der Waals surface area (Å²) in [7, 11) is -3.68. The first-order valence-electron chi connectivity index (χ1n) is 10.5. The Morgan fingerprint density at radius 1 is 1.06 bits per heavy atom. The number of aromatic nitrogens is 1. The number of hydrogen-bond donors (Lipinski definition) is 1. The molecule has 2 heterocycles. The van der Waals surface area contributed by atoms with E-state index < -0.39 is 10.0 Å². The van der Waals surface area contributed by atoms with E-state index in [-0.39, 0.29) is 10.8 Å². The van der Waals surface area contributed by atoms with Crippen molar-refractivity contribution in [3.63, 3.8) is 0 Å². The van der Waals surface area contributed by atoms with Crippen LogP contribution in [-0.2, 0) is 16.6 Å². The second kappa shape index (κ2) is 9.60. The standard InChI is InChI=1S/C24H26N4O3S/c1-2-11-26-24(29)20-7-4-10-22(17-20)32(30,31)28-15-13-27(14-16-28)18-21-8-3-6-19-9-5-12-25-23(19)21/h2-10,12,17H,1,11,13-16,18H2,(H,26,29). The van der Waals surface area contributed by atoms with Gasteiger partial charge in [0.05, 0.1) is 10.4 Å². The molecule has 0 bridgehead atoms. The van der Waals surface area contributed by atoms with E-state index in [1.54, 1.807) is 24.4 Å². The van der Waals surface area contributed by atoms with Crippen molar-refractivity contribution < 1.29 is 13.2 Å². The molecule has 1 aliphatic rings. The van der Waals surface area contributed by atoms with Crippen molar-refractivity contribution in [1.82, 2.24) is 19.5 Å². The van der Waals surface area contributed by atoms with Crippen LogP contribution < -0.4 is 5.32 Å². The van der Waals surface area contributed by atoms with E-state index in [2.05, 4.69) is 27.8 Å². The van der Waals surface area contributed by atoms with E-state index in [0.29, 0.717) is 38.3 Å². The SMILES string of the molecule is C=CCNC(=O)c1cccc(S(=O)(=O)N2CCN(Cc3cccc4cccnc34)CC2)c1. The van der Waals surface area contributed by atoms with Gasteiger partial charge in [-0.15, -0.1) is 6.58 Å². The van der Waals surface area contributed by atoms with E-state index in [1.807, 2.05) is 24.3 Å². The Morgan fingerprint density at radius 3 is 2.59 bits per heavy atom. The monoisotopic (exact) mass is 450 g/mol. The fourth-order valence-corrected chi connectivity index (χ4v) is 5.35. The summed E-state index contributed by atoms with van der Waals surface area (Å²) in [5, 5.41) is 3.77. The van der Waals surface area contributed by atoms with Crippen LogP contribution in [0, 0.1) is 0 Å². The summed E-state index contributed by atoms with van der Waals surface area (Å²) >= 11 is 0. The van der Waals surface area contributed by atoms with Crippen LogP contribution in [0.5, 0.6) is 0 Å². The molecule has 1 fully saturated rings. The number of sulfonamides is 1. The van der Waals surface area contributed by atoms with Gasteiger partial charge in [-0.05, 0) is 29.8 Å². The third-order valence-electron chi connectivity index (χ3n) is 5.58. The number of carbonyl (C=O) groups is 1. The van der Waals surface area contributed by atoms with E-state index in [9.17, 15) is 13.2 Å². The summed E-state index contributed by atoms with van der Waals surface area (Å²) in [6, 6.07) is 16.3. The minimum absolute atomic E-state index is 0.135. The van der Waals surface area contributed by atoms with Crippen molar-refractivity contribution in [1.29, 1.82) is 0 Å². The molecule has 166 valence electrons. The summed E-state index contributed by atoms with van der Waals surface area (Å²) in [6.45, 7) is 6.66. The molecule has 0 saturated carbocycles. The van der Waals surface area contributed by atoms with Crippen LogP contribution in [0.3, 0.4) is 0 Å². The Bertz CT molecular complexity index is 1230. The molecule has 32 heavy (non-hydrogen) atoms. The first-order chi connectivity index (χ1) is 15.5. The molecule has 0 spiro atoms. The number of benzene rings is 2. The maximum Gasteiger partial charge on any atom is 0.251 e. The molecule has 0 atom stereocenters. The van der Waals surface area contributed by atoms with E-state index in [0.717, 1.165) is 23.0 Å². The highest BCUT2D eigenvalue weighted by molar-refractivity contribution is 7.89. The number of pyridine rings is 1. The summed E-state index contributed by atoms with van der Waals surface area (Å²) in [4.78, 5) is 19.1. The second-order valence-corrected chi connectivity index (χ2v) is 9.64. The van der Waals surface area contributed by atoms with Gasteiger partial charge in [0.1, 0.15) is 0 Å². The number of fused-ring (bicyclic) bond motifs is 1. The number of nitrogens with one attached hydrogen (secondary N) is 1. The predicted molar refractivity (Wildman–Crippen MR) is 125 cm³/mol. The van der Waals surface area contributed by atoms with E-state index >= 15 is 0 Å². The summed E-state index contributed by atoms with van der Waals surface area (Å²) < 4.78 is 27.8. The van der Waals surface area contributed by atoms with Gasteiger partial charge in [-0.2, -0.15) is 4.31 Å². The molecule has 1 amide bonds. The normalized spacial score (nSPS) is 15.5. The molecule has 0 radical (unpaired) electrons. The Hall–Kier alpha value is -3.07. The van der Waals surface area contributed by atoms with Crippen molar-refractivity contribution in [3.8, 4) is 0 Å². The van der Waals surface area contributed by atoms with Crippen molar-refractivity contribution in [2.45, 2.75) is 11.4 Å². The molecule has 8 heteroatoms. The molecule has 1 saturated heterocycles. The molecule has 4 rings (SSSR count). The quantitative estimate of drug-likeness (QED) is 0.560. The summed E-state index contributed by atoms with van der Waals surface area (Å²) in [5.74, 6) is -0.324. The zero-order valence-electron chi connectivity index (χ0n) is 17.8. The molecule has 0 aliphatic carbocycles. The molecule has 7 nitrogen and oxygen atoms in total. The number of hydrogen-bond acceptors (Lipinski definition) is 5.